The van der Waals surface area contributed by atoms with Gasteiger partial charge in [-0.05, 0) is 19.1 Å². The molecule has 2 aromatic heterocycles. The van der Waals surface area contributed by atoms with E-state index in [1.54, 1.807) is 25.3 Å². The van der Waals surface area contributed by atoms with E-state index in [0.717, 1.165) is 5.01 Å². The summed E-state index contributed by atoms with van der Waals surface area (Å²) in [6, 6.07) is 3.23. The number of aromatic nitrogens is 2. The van der Waals surface area contributed by atoms with E-state index in [0.29, 0.717) is 11.4 Å². The lowest BCUT2D eigenvalue weighted by Gasteiger charge is -2.01. The first-order valence-electron chi connectivity index (χ1n) is 4.29. The van der Waals surface area contributed by atoms with Crippen LogP contribution < -0.4 is 0 Å². The largest absolute Gasteiger partial charge is 0.478 e. The number of pyridine rings is 1. The molecule has 0 aliphatic carbocycles. The Morgan fingerprint density at radius 2 is 2.27 bits per heavy atom. The fraction of sp³-hybridized carbons (Fsp3) is 0.100. The Kier molecular flexibility index (Phi) is 2.47. The number of nitrogens with zero attached hydrogens (tertiary/aromatic N) is 2. The molecule has 0 fully saturated rings. The van der Waals surface area contributed by atoms with Crippen LogP contribution in [0.1, 0.15) is 16.1 Å². The normalized spacial score (nSPS) is 10.2. The molecule has 0 aliphatic heterocycles. The van der Waals surface area contributed by atoms with E-state index in [9.17, 15) is 4.79 Å². The van der Waals surface area contributed by atoms with Crippen LogP contribution in [0.25, 0.3) is 10.7 Å². The Bertz CT molecular complexity index is 494. The van der Waals surface area contributed by atoms with Gasteiger partial charge in [-0.2, -0.15) is 0 Å². The third-order valence-electron chi connectivity index (χ3n) is 1.97. The molecule has 0 saturated carbocycles. The van der Waals surface area contributed by atoms with Crippen LogP contribution in [0, 0.1) is 6.92 Å². The molecule has 76 valence electrons. The van der Waals surface area contributed by atoms with E-state index in [1.165, 1.54) is 11.3 Å². The molecule has 0 unspecified atom stereocenters. The van der Waals surface area contributed by atoms with Crippen molar-refractivity contribution in [3.05, 3.63) is 35.0 Å². The Balaban J connectivity index is 2.47. The summed E-state index contributed by atoms with van der Waals surface area (Å²) in [6.45, 7) is 1.68. The van der Waals surface area contributed by atoms with Gasteiger partial charge in [-0.25, -0.2) is 14.8 Å². The average molecular weight is 220 g/mol. The first-order valence-corrected chi connectivity index (χ1v) is 5.17. The fourth-order valence-electron chi connectivity index (χ4n) is 1.26. The molecule has 0 radical (unpaired) electrons. The van der Waals surface area contributed by atoms with E-state index in [4.69, 9.17) is 5.11 Å². The minimum Gasteiger partial charge on any atom is -0.478 e. The standard InChI is InChI=1S/C10H8N2O2S/c1-6-7(10(13)14)2-3-8(12-6)9-11-4-5-15-9/h2-5H,1H3,(H,13,14). The molecule has 0 saturated heterocycles. The van der Waals surface area contributed by atoms with Gasteiger partial charge in [-0.3, -0.25) is 0 Å². The van der Waals surface area contributed by atoms with Crippen molar-refractivity contribution in [2.24, 2.45) is 0 Å². The molecule has 0 aliphatic rings. The number of rotatable bonds is 2. The second-order valence-corrected chi connectivity index (χ2v) is 3.87. The highest BCUT2D eigenvalue weighted by Gasteiger charge is 2.10. The fourth-order valence-corrected chi connectivity index (χ4v) is 1.86. The van der Waals surface area contributed by atoms with Crippen molar-refractivity contribution >= 4 is 17.3 Å². The topological polar surface area (TPSA) is 63.1 Å². The van der Waals surface area contributed by atoms with E-state index in [1.807, 2.05) is 5.38 Å². The van der Waals surface area contributed by atoms with E-state index in [2.05, 4.69) is 9.97 Å². The van der Waals surface area contributed by atoms with Gasteiger partial charge in [0.25, 0.3) is 0 Å². The smallest absolute Gasteiger partial charge is 0.337 e. The zero-order valence-electron chi connectivity index (χ0n) is 7.97. The molecule has 2 aromatic rings. The number of carbonyl (C=O) groups is 1. The molecule has 5 heteroatoms. The second kappa shape index (κ2) is 3.78. The molecule has 0 bridgehead atoms. The van der Waals surface area contributed by atoms with E-state index >= 15 is 0 Å². The number of thiazole rings is 1. The summed E-state index contributed by atoms with van der Waals surface area (Å²) in [7, 11) is 0. The Labute approximate surface area is 90.3 Å². The monoisotopic (exact) mass is 220 g/mol. The van der Waals surface area contributed by atoms with Gasteiger partial charge >= 0.3 is 5.97 Å². The van der Waals surface area contributed by atoms with Crippen molar-refractivity contribution in [2.45, 2.75) is 6.92 Å². The number of carboxylic acid groups (broad SMARTS) is 1. The van der Waals surface area contributed by atoms with Crippen LogP contribution in [0.15, 0.2) is 23.7 Å². The highest BCUT2D eigenvalue weighted by Crippen LogP contribution is 2.20. The number of aromatic carboxylic acids is 1. The minimum atomic E-state index is -0.953. The first-order chi connectivity index (χ1) is 7.18. The molecular weight excluding hydrogens is 212 g/mol. The predicted molar refractivity (Wildman–Crippen MR) is 57.0 cm³/mol. The van der Waals surface area contributed by atoms with Gasteiger partial charge in [0.05, 0.1) is 17.0 Å². The third-order valence-corrected chi connectivity index (χ3v) is 2.76. The lowest BCUT2D eigenvalue weighted by atomic mass is 10.2. The quantitative estimate of drug-likeness (QED) is 0.842. The highest BCUT2D eigenvalue weighted by molar-refractivity contribution is 7.13. The van der Waals surface area contributed by atoms with Gasteiger partial charge in [-0.1, -0.05) is 0 Å². The van der Waals surface area contributed by atoms with Crippen LogP contribution in [0.2, 0.25) is 0 Å². The van der Waals surface area contributed by atoms with Crippen LogP contribution in [0.5, 0.6) is 0 Å². The van der Waals surface area contributed by atoms with Crippen LogP contribution in [0.4, 0.5) is 0 Å². The van der Waals surface area contributed by atoms with Gasteiger partial charge in [0.2, 0.25) is 0 Å². The van der Waals surface area contributed by atoms with Gasteiger partial charge in [0, 0.05) is 11.6 Å². The summed E-state index contributed by atoms with van der Waals surface area (Å²) in [5.41, 5.74) is 1.46. The zero-order valence-corrected chi connectivity index (χ0v) is 8.78. The Morgan fingerprint density at radius 1 is 1.47 bits per heavy atom. The first kappa shape index (κ1) is 9.79. The van der Waals surface area contributed by atoms with Gasteiger partial charge < -0.3 is 5.11 Å². The van der Waals surface area contributed by atoms with Crippen molar-refractivity contribution in [3.8, 4) is 10.7 Å². The van der Waals surface area contributed by atoms with Crippen LogP contribution in [-0.4, -0.2) is 21.0 Å². The molecule has 15 heavy (non-hydrogen) atoms. The van der Waals surface area contributed by atoms with Crippen molar-refractivity contribution in [1.82, 2.24) is 9.97 Å². The molecular formula is C10H8N2O2S. The number of carboxylic acids is 1. The maximum atomic E-state index is 10.8. The molecule has 0 atom stereocenters. The second-order valence-electron chi connectivity index (χ2n) is 2.97. The zero-order chi connectivity index (χ0) is 10.8. The summed E-state index contributed by atoms with van der Waals surface area (Å²) in [6.07, 6.45) is 1.70. The molecule has 0 amide bonds. The molecule has 4 nitrogen and oxygen atoms in total. The number of aryl methyl sites for hydroxylation is 1. The van der Waals surface area contributed by atoms with Crippen molar-refractivity contribution in [2.75, 3.05) is 0 Å². The summed E-state index contributed by atoms with van der Waals surface area (Å²) < 4.78 is 0. The van der Waals surface area contributed by atoms with Gasteiger partial charge in [0.1, 0.15) is 5.01 Å². The van der Waals surface area contributed by atoms with Crippen LogP contribution >= 0.6 is 11.3 Å². The van der Waals surface area contributed by atoms with Gasteiger partial charge in [-0.15, -0.1) is 11.3 Å². The van der Waals surface area contributed by atoms with Crippen LogP contribution in [-0.2, 0) is 0 Å². The molecule has 0 aromatic carbocycles. The summed E-state index contributed by atoms with van der Waals surface area (Å²) >= 11 is 1.48. The predicted octanol–water partition coefficient (Wildman–Crippen LogP) is 2.21. The number of hydrogen-bond donors (Lipinski definition) is 1. The summed E-state index contributed by atoms with van der Waals surface area (Å²) in [5.74, 6) is -0.953. The lowest BCUT2D eigenvalue weighted by molar-refractivity contribution is 0.0695. The van der Waals surface area contributed by atoms with Crippen molar-refractivity contribution in [1.29, 1.82) is 0 Å². The van der Waals surface area contributed by atoms with Crippen molar-refractivity contribution in [3.63, 3.8) is 0 Å². The maximum absolute atomic E-state index is 10.8. The van der Waals surface area contributed by atoms with E-state index < -0.39 is 5.97 Å². The molecule has 1 N–H and O–H groups in total. The summed E-state index contributed by atoms with van der Waals surface area (Å²) in [5, 5.41) is 11.5. The average Bonchev–Trinajstić information content (AvgIpc) is 2.69. The van der Waals surface area contributed by atoms with Crippen molar-refractivity contribution < 1.29 is 9.90 Å². The Morgan fingerprint density at radius 3 is 2.80 bits per heavy atom. The van der Waals surface area contributed by atoms with Gasteiger partial charge in [0.15, 0.2) is 0 Å². The SMILES string of the molecule is Cc1nc(-c2nccs2)ccc1C(=O)O. The minimum absolute atomic E-state index is 0.232. The molecule has 2 rings (SSSR count). The molecule has 0 spiro atoms. The van der Waals surface area contributed by atoms with E-state index in [-0.39, 0.29) is 5.56 Å². The van der Waals surface area contributed by atoms with Crippen LogP contribution in [0.3, 0.4) is 0 Å². The highest BCUT2D eigenvalue weighted by atomic mass is 32.1. The summed E-state index contributed by atoms with van der Waals surface area (Å²) in [4.78, 5) is 19.1. The molecule has 2 heterocycles. The maximum Gasteiger partial charge on any atom is 0.337 e. The Hall–Kier alpha value is -1.75. The number of hydrogen-bond acceptors (Lipinski definition) is 4. The third kappa shape index (κ3) is 1.87. The lowest BCUT2D eigenvalue weighted by Crippen LogP contribution is -2.01.